The number of thioether (sulfide) groups is 1. The maximum atomic E-state index is 13.6. The number of hydrogen-bond donors (Lipinski definition) is 0. The molecule has 0 aliphatic heterocycles. The van der Waals surface area contributed by atoms with Gasteiger partial charge in [-0.25, -0.2) is 9.97 Å². The van der Waals surface area contributed by atoms with Gasteiger partial charge in [0.2, 0.25) is 0 Å². The lowest BCUT2D eigenvalue weighted by Gasteiger charge is -2.20. The van der Waals surface area contributed by atoms with Gasteiger partial charge >= 0.3 is 0 Å². The van der Waals surface area contributed by atoms with Crippen LogP contribution in [-0.2, 0) is 6.54 Å². The van der Waals surface area contributed by atoms with Gasteiger partial charge in [0.05, 0.1) is 16.0 Å². The highest BCUT2D eigenvalue weighted by Crippen LogP contribution is 2.34. The number of rotatable bonds is 8. The van der Waals surface area contributed by atoms with Crippen LogP contribution in [0.3, 0.4) is 0 Å². The van der Waals surface area contributed by atoms with Gasteiger partial charge in [-0.3, -0.25) is 9.69 Å². The van der Waals surface area contributed by atoms with Crippen molar-refractivity contribution >= 4 is 56.0 Å². The second kappa shape index (κ2) is 9.85. The molecule has 0 saturated carbocycles. The van der Waals surface area contributed by atoms with Gasteiger partial charge in [-0.15, -0.1) is 11.8 Å². The minimum atomic E-state index is -0.0491. The summed E-state index contributed by atoms with van der Waals surface area (Å²) < 4.78 is 2.98. The largest absolute Gasteiger partial charge is 0.337 e. The second-order valence-corrected chi connectivity index (χ2v) is 10.5. The third-order valence-electron chi connectivity index (χ3n) is 4.64. The number of hydrogen-bond acceptors (Lipinski definition) is 5. The molecule has 1 amide bonds. The molecular formula is C23H23ClN4OS2. The highest BCUT2D eigenvalue weighted by Gasteiger charge is 2.22. The molecule has 0 spiro atoms. The Kier molecular flexibility index (Phi) is 6.95. The summed E-state index contributed by atoms with van der Waals surface area (Å²) in [7, 11) is 0. The van der Waals surface area contributed by atoms with E-state index in [1.165, 1.54) is 11.3 Å². The first-order valence-electron chi connectivity index (χ1n) is 10.1. The minimum absolute atomic E-state index is 0.0491. The average Bonchev–Trinajstić information content (AvgIpc) is 3.41. The molecule has 0 N–H and O–H groups in total. The number of thiazole rings is 1. The predicted octanol–water partition coefficient (Wildman–Crippen LogP) is 6.38. The third kappa shape index (κ3) is 5.29. The van der Waals surface area contributed by atoms with Gasteiger partial charge in [0.15, 0.2) is 5.13 Å². The zero-order chi connectivity index (χ0) is 21.8. The van der Waals surface area contributed by atoms with E-state index in [2.05, 4.69) is 18.8 Å². The molecule has 0 fully saturated rings. The Labute approximate surface area is 195 Å². The molecule has 2 aromatic heterocycles. The van der Waals surface area contributed by atoms with Crippen LogP contribution in [0, 0.1) is 0 Å². The molecule has 4 aromatic rings. The normalized spacial score (nSPS) is 11.4. The fourth-order valence-electron chi connectivity index (χ4n) is 3.26. The molecule has 0 atom stereocenters. The van der Waals surface area contributed by atoms with E-state index in [0.29, 0.717) is 27.5 Å². The third-order valence-corrected chi connectivity index (χ3v) is 6.99. The van der Waals surface area contributed by atoms with E-state index >= 15 is 0 Å². The minimum Gasteiger partial charge on any atom is -0.337 e. The Morgan fingerprint density at radius 3 is 2.84 bits per heavy atom. The van der Waals surface area contributed by atoms with E-state index in [9.17, 15) is 4.79 Å². The molecule has 0 saturated heterocycles. The first kappa shape index (κ1) is 21.9. The number of anilines is 1. The smallest absolute Gasteiger partial charge is 0.260 e. The Bertz CT molecular complexity index is 1170. The summed E-state index contributed by atoms with van der Waals surface area (Å²) in [5.74, 6) is -0.0491. The van der Waals surface area contributed by atoms with Crippen LogP contribution in [0.1, 0.15) is 30.6 Å². The molecule has 0 radical (unpaired) electrons. The van der Waals surface area contributed by atoms with Crippen molar-refractivity contribution < 1.29 is 4.79 Å². The van der Waals surface area contributed by atoms with E-state index < -0.39 is 0 Å². The van der Waals surface area contributed by atoms with E-state index in [4.69, 9.17) is 16.6 Å². The number of amides is 1. The van der Waals surface area contributed by atoms with Crippen molar-refractivity contribution in [1.29, 1.82) is 0 Å². The molecule has 4 rings (SSSR count). The van der Waals surface area contributed by atoms with Crippen molar-refractivity contribution in [1.82, 2.24) is 14.5 Å². The van der Waals surface area contributed by atoms with Crippen LogP contribution >= 0.6 is 34.7 Å². The van der Waals surface area contributed by atoms with Crippen molar-refractivity contribution in [2.45, 2.75) is 37.0 Å². The first-order chi connectivity index (χ1) is 15.0. The summed E-state index contributed by atoms with van der Waals surface area (Å²) in [4.78, 5) is 25.2. The number of fused-ring (bicyclic) bond motifs is 1. The van der Waals surface area contributed by atoms with Gasteiger partial charge in [0.1, 0.15) is 5.52 Å². The zero-order valence-corrected chi connectivity index (χ0v) is 19.8. The first-order valence-corrected chi connectivity index (χ1v) is 12.2. The summed E-state index contributed by atoms with van der Waals surface area (Å²) in [5.41, 5.74) is 1.40. The van der Waals surface area contributed by atoms with Crippen LogP contribution in [0.15, 0.2) is 66.1 Å². The van der Waals surface area contributed by atoms with Crippen molar-refractivity contribution in [3.63, 3.8) is 0 Å². The van der Waals surface area contributed by atoms with Crippen molar-refractivity contribution in [3.8, 4) is 0 Å². The van der Waals surface area contributed by atoms with Crippen LogP contribution in [0.2, 0.25) is 5.02 Å². The predicted molar refractivity (Wildman–Crippen MR) is 131 cm³/mol. The van der Waals surface area contributed by atoms with Gasteiger partial charge in [0, 0.05) is 41.2 Å². The van der Waals surface area contributed by atoms with E-state index in [-0.39, 0.29) is 5.91 Å². The van der Waals surface area contributed by atoms with Crippen molar-refractivity contribution in [2.24, 2.45) is 0 Å². The molecule has 2 heterocycles. The lowest BCUT2D eigenvalue weighted by Crippen LogP contribution is -2.32. The number of aromatic nitrogens is 3. The molecular weight excluding hydrogens is 448 g/mol. The molecule has 5 nitrogen and oxygen atoms in total. The van der Waals surface area contributed by atoms with Gasteiger partial charge < -0.3 is 4.57 Å². The maximum absolute atomic E-state index is 13.6. The van der Waals surface area contributed by atoms with E-state index in [0.717, 1.165) is 28.1 Å². The quantitative estimate of drug-likeness (QED) is 0.280. The van der Waals surface area contributed by atoms with Gasteiger partial charge in [0.25, 0.3) is 5.91 Å². The Morgan fingerprint density at radius 2 is 2.10 bits per heavy atom. The number of carbonyl (C=O) groups is 1. The van der Waals surface area contributed by atoms with Crippen molar-refractivity contribution in [3.05, 3.63) is 71.8 Å². The SMILES string of the molecule is CC(C)Sc1cccc(C(=O)N(CCCn2ccnc2)c2nc3c(Cl)cccc3s2)c1. The average molecular weight is 471 g/mol. The number of imidazole rings is 1. The van der Waals surface area contributed by atoms with Gasteiger partial charge in [-0.1, -0.05) is 48.9 Å². The zero-order valence-electron chi connectivity index (χ0n) is 17.4. The number of nitrogens with zero attached hydrogens (tertiary/aromatic N) is 4. The standard InChI is InChI=1S/C23H23ClN4OS2/c1-16(2)30-18-7-3-6-17(14-18)22(29)28(12-5-11-27-13-10-25-15-27)23-26-21-19(24)8-4-9-20(21)31-23/h3-4,6-10,13-16H,5,11-12H2,1-2H3. The van der Waals surface area contributed by atoms with Gasteiger partial charge in [-0.2, -0.15) is 0 Å². The summed E-state index contributed by atoms with van der Waals surface area (Å²) in [5, 5.41) is 1.71. The Balaban J connectivity index is 1.63. The Morgan fingerprint density at radius 1 is 1.26 bits per heavy atom. The van der Waals surface area contributed by atoms with E-state index in [1.807, 2.05) is 53.2 Å². The number of aryl methyl sites for hydroxylation is 1. The molecule has 160 valence electrons. The van der Waals surface area contributed by atoms with Crippen molar-refractivity contribution in [2.75, 3.05) is 11.4 Å². The number of benzene rings is 2. The summed E-state index contributed by atoms with van der Waals surface area (Å²) in [6.45, 7) is 5.62. The molecule has 0 aliphatic rings. The number of halogens is 1. The molecule has 0 aliphatic carbocycles. The summed E-state index contributed by atoms with van der Waals surface area (Å²) in [6, 6.07) is 13.5. The highest BCUT2D eigenvalue weighted by atomic mass is 35.5. The van der Waals surface area contributed by atoms with Crippen LogP contribution in [-0.4, -0.2) is 32.2 Å². The fraction of sp³-hybridized carbons (Fsp3) is 0.261. The lowest BCUT2D eigenvalue weighted by atomic mass is 10.2. The lowest BCUT2D eigenvalue weighted by molar-refractivity contribution is 0.0986. The number of carbonyl (C=O) groups excluding carboxylic acids is 1. The fourth-order valence-corrected chi connectivity index (χ4v) is 5.45. The molecule has 31 heavy (non-hydrogen) atoms. The van der Waals surface area contributed by atoms with Crippen LogP contribution in [0.25, 0.3) is 10.2 Å². The summed E-state index contributed by atoms with van der Waals surface area (Å²) in [6.07, 6.45) is 6.26. The van der Waals surface area contributed by atoms with Crippen LogP contribution in [0.5, 0.6) is 0 Å². The maximum Gasteiger partial charge on any atom is 0.260 e. The summed E-state index contributed by atoms with van der Waals surface area (Å²) >= 11 is 9.58. The number of para-hydroxylation sites is 1. The molecule has 0 unspecified atom stereocenters. The van der Waals surface area contributed by atoms with Crippen LogP contribution < -0.4 is 4.90 Å². The molecule has 2 aromatic carbocycles. The van der Waals surface area contributed by atoms with Crippen LogP contribution in [0.4, 0.5) is 5.13 Å². The topological polar surface area (TPSA) is 51.0 Å². The highest BCUT2D eigenvalue weighted by molar-refractivity contribution is 7.99. The Hall–Kier alpha value is -2.35. The monoisotopic (exact) mass is 470 g/mol. The second-order valence-electron chi connectivity index (χ2n) is 7.39. The molecule has 0 bridgehead atoms. The van der Waals surface area contributed by atoms with E-state index in [1.54, 1.807) is 29.2 Å². The van der Waals surface area contributed by atoms with Gasteiger partial charge in [-0.05, 0) is 36.8 Å². The molecule has 8 heteroatoms.